The lowest BCUT2D eigenvalue weighted by Gasteiger charge is -2.48. The molecule has 0 aromatic carbocycles. The maximum Gasteiger partial charge on any atom is 0.0833 e. The fourth-order valence-electron chi connectivity index (χ4n) is 3.68. The normalized spacial score (nSPS) is 27.1. The van der Waals surface area contributed by atoms with E-state index in [1.165, 1.54) is 0 Å². The summed E-state index contributed by atoms with van der Waals surface area (Å²) in [6, 6.07) is 0. The number of ether oxygens (including phenoxy) is 2. The Kier molecular flexibility index (Phi) is 5.87. The lowest BCUT2D eigenvalue weighted by molar-refractivity contribution is -0.110. The van der Waals surface area contributed by atoms with Crippen molar-refractivity contribution in [3.05, 3.63) is 12.2 Å². The maximum atomic E-state index is 5.81. The van der Waals surface area contributed by atoms with Crippen LogP contribution in [0.4, 0.5) is 0 Å². The van der Waals surface area contributed by atoms with Gasteiger partial charge in [0, 0.05) is 19.6 Å². The van der Waals surface area contributed by atoms with Crippen LogP contribution in [0.3, 0.4) is 0 Å². The predicted molar refractivity (Wildman–Crippen MR) is 76.7 cm³/mol. The van der Waals surface area contributed by atoms with Crippen molar-refractivity contribution in [2.24, 2.45) is 17.3 Å². The second-order valence-electron chi connectivity index (χ2n) is 6.47. The van der Waals surface area contributed by atoms with Crippen LogP contribution in [0.25, 0.3) is 0 Å². The van der Waals surface area contributed by atoms with Gasteiger partial charge in [0.25, 0.3) is 0 Å². The molecule has 2 nitrogen and oxygen atoms in total. The largest absolute Gasteiger partial charge is 0.380 e. The van der Waals surface area contributed by atoms with Crippen molar-refractivity contribution in [3.8, 4) is 0 Å². The minimum atomic E-state index is 0.126. The monoisotopic (exact) mass is 254 g/mol. The molecule has 0 fully saturated rings. The molecule has 0 aliphatic heterocycles. The summed E-state index contributed by atoms with van der Waals surface area (Å²) in [5.41, 5.74) is 0.126. The number of hydrogen-bond donors (Lipinski definition) is 0. The summed E-state index contributed by atoms with van der Waals surface area (Å²) in [6.07, 6.45) is 8.23. The first-order valence-corrected chi connectivity index (χ1v) is 7.18. The molecule has 0 N–H and O–H groups in total. The molecule has 0 saturated heterocycles. The molecule has 1 aliphatic carbocycles. The maximum absolute atomic E-state index is 5.81. The van der Waals surface area contributed by atoms with Gasteiger partial charge >= 0.3 is 0 Å². The van der Waals surface area contributed by atoms with Gasteiger partial charge in [0.05, 0.1) is 12.2 Å². The molecule has 2 atom stereocenters. The highest BCUT2D eigenvalue weighted by atomic mass is 16.5. The van der Waals surface area contributed by atoms with Gasteiger partial charge in [-0.3, -0.25) is 0 Å². The average molecular weight is 254 g/mol. The van der Waals surface area contributed by atoms with E-state index in [0.717, 1.165) is 19.3 Å². The zero-order valence-electron chi connectivity index (χ0n) is 12.9. The predicted octanol–water partition coefficient (Wildman–Crippen LogP) is 4.05. The smallest absolute Gasteiger partial charge is 0.0833 e. The summed E-state index contributed by atoms with van der Waals surface area (Å²) in [4.78, 5) is 0. The van der Waals surface area contributed by atoms with E-state index in [2.05, 4.69) is 39.8 Å². The van der Waals surface area contributed by atoms with Gasteiger partial charge in [0.1, 0.15) is 0 Å². The van der Waals surface area contributed by atoms with Gasteiger partial charge in [0.2, 0.25) is 0 Å². The van der Waals surface area contributed by atoms with Crippen LogP contribution in [-0.4, -0.2) is 26.4 Å². The molecule has 0 heterocycles. The summed E-state index contributed by atoms with van der Waals surface area (Å²) in [6.45, 7) is 9.17. The van der Waals surface area contributed by atoms with E-state index in [0.29, 0.717) is 11.8 Å². The topological polar surface area (TPSA) is 18.5 Å². The van der Waals surface area contributed by atoms with Crippen LogP contribution in [0.2, 0.25) is 0 Å². The van der Waals surface area contributed by atoms with Crippen LogP contribution in [0.5, 0.6) is 0 Å². The summed E-state index contributed by atoms with van der Waals surface area (Å²) in [7, 11) is 3.66. The van der Waals surface area contributed by atoms with E-state index >= 15 is 0 Å². The van der Waals surface area contributed by atoms with Crippen molar-refractivity contribution in [1.82, 2.24) is 0 Å². The van der Waals surface area contributed by atoms with Crippen molar-refractivity contribution in [2.75, 3.05) is 14.2 Å². The highest BCUT2D eigenvalue weighted by molar-refractivity contribution is 5.11. The quantitative estimate of drug-likeness (QED) is 0.666. The molecule has 0 bridgehead atoms. The van der Waals surface area contributed by atoms with Crippen LogP contribution in [-0.2, 0) is 9.47 Å². The molecule has 0 spiro atoms. The van der Waals surface area contributed by atoms with Crippen LogP contribution in [0, 0.1) is 17.3 Å². The minimum Gasteiger partial charge on any atom is -0.380 e. The average Bonchev–Trinajstić information content (AvgIpc) is 2.27. The second-order valence-corrected chi connectivity index (χ2v) is 6.47. The first-order valence-electron chi connectivity index (χ1n) is 7.18. The molecule has 1 aliphatic rings. The Hall–Kier alpha value is -0.340. The third-order valence-corrected chi connectivity index (χ3v) is 3.98. The van der Waals surface area contributed by atoms with Gasteiger partial charge in [-0.2, -0.15) is 0 Å². The Bertz CT molecular complexity index is 258. The Balaban J connectivity index is 3.09. The molecule has 0 aromatic heterocycles. The highest BCUT2D eigenvalue weighted by Gasteiger charge is 2.47. The first kappa shape index (κ1) is 15.7. The van der Waals surface area contributed by atoms with E-state index in [1.54, 1.807) is 0 Å². The zero-order chi connectivity index (χ0) is 13.8. The summed E-state index contributed by atoms with van der Waals surface area (Å²) < 4.78 is 11.6. The number of methoxy groups -OCH3 is 2. The van der Waals surface area contributed by atoms with Crippen LogP contribution in [0.15, 0.2) is 12.2 Å². The van der Waals surface area contributed by atoms with Gasteiger partial charge in [-0.15, -0.1) is 0 Å². The fraction of sp³-hybridized carbons (Fsp3) is 0.875. The number of hydrogen-bond acceptors (Lipinski definition) is 2. The van der Waals surface area contributed by atoms with E-state index in [-0.39, 0.29) is 17.6 Å². The van der Waals surface area contributed by atoms with E-state index in [9.17, 15) is 0 Å². The summed E-state index contributed by atoms with van der Waals surface area (Å²) in [5, 5.41) is 0. The van der Waals surface area contributed by atoms with Gasteiger partial charge in [-0.1, -0.05) is 39.8 Å². The first-order chi connectivity index (χ1) is 8.46. The fourth-order valence-corrected chi connectivity index (χ4v) is 3.68. The Labute approximate surface area is 113 Å². The van der Waals surface area contributed by atoms with Crippen molar-refractivity contribution in [3.63, 3.8) is 0 Å². The molecule has 2 heteroatoms. The van der Waals surface area contributed by atoms with E-state index in [4.69, 9.17) is 9.47 Å². The standard InChI is InChI=1S/C16H30O2/c1-12(2)10-16(11-13(3)4)14(17-5)8-7-9-15(16)18-6/h7-8,12-15H,9-11H2,1-6H3. The van der Waals surface area contributed by atoms with Crippen molar-refractivity contribution >= 4 is 0 Å². The molecule has 2 unspecified atom stereocenters. The van der Waals surface area contributed by atoms with Crippen molar-refractivity contribution in [2.45, 2.75) is 59.2 Å². The lowest BCUT2D eigenvalue weighted by Crippen LogP contribution is -2.49. The molecule has 0 aromatic rings. The minimum absolute atomic E-state index is 0.126. The zero-order valence-corrected chi connectivity index (χ0v) is 12.9. The SMILES string of the molecule is COC1C=CCC(OC)C1(CC(C)C)CC(C)C. The van der Waals surface area contributed by atoms with Gasteiger partial charge in [-0.05, 0) is 31.1 Å². The third-order valence-electron chi connectivity index (χ3n) is 3.98. The van der Waals surface area contributed by atoms with Crippen molar-refractivity contribution in [1.29, 1.82) is 0 Å². The van der Waals surface area contributed by atoms with Gasteiger partial charge in [-0.25, -0.2) is 0 Å². The van der Waals surface area contributed by atoms with Crippen LogP contribution in [0.1, 0.15) is 47.0 Å². The van der Waals surface area contributed by atoms with Gasteiger partial charge < -0.3 is 9.47 Å². The van der Waals surface area contributed by atoms with E-state index in [1.807, 2.05) is 14.2 Å². The highest BCUT2D eigenvalue weighted by Crippen LogP contribution is 2.46. The Morgan fingerprint density at radius 3 is 2.00 bits per heavy atom. The molecule has 0 saturated carbocycles. The summed E-state index contributed by atoms with van der Waals surface area (Å²) in [5.74, 6) is 1.32. The molecule has 1 rings (SSSR count). The van der Waals surface area contributed by atoms with Gasteiger partial charge in [0.15, 0.2) is 0 Å². The van der Waals surface area contributed by atoms with Crippen LogP contribution < -0.4 is 0 Å². The Morgan fingerprint density at radius 2 is 1.61 bits per heavy atom. The molecule has 106 valence electrons. The van der Waals surface area contributed by atoms with Crippen LogP contribution >= 0.6 is 0 Å². The third kappa shape index (κ3) is 3.36. The Morgan fingerprint density at radius 1 is 1.06 bits per heavy atom. The number of rotatable bonds is 6. The second kappa shape index (κ2) is 6.72. The summed E-state index contributed by atoms with van der Waals surface area (Å²) >= 11 is 0. The molecule has 0 amide bonds. The molecule has 0 radical (unpaired) electrons. The lowest BCUT2D eigenvalue weighted by atomic mass is 9.64. The molecule has 18 heavy (non-hydrogen) atoms. The molecular weight excluding hydrogens is 224 g/mol. The van der Waals surface area contributed by atoms with Crippen molar-refractivity contribution < 1.29 is 9.47 Å². The van der Waals surface area contributed by atoms with E-state index < -0.39 is 0 Å². The molecular formula is C16H30O2.